The van der Waals surface area contributed by atoms with Crippen LogP contribution in [0.3, 0.4) is 0 Å². The van der Waals surface area contributed by atoms with Crippen LogP contribution in [0.15, 0.2) is 6.33 Å². The van der Waals surface area contributed by atoms with Crippen LogP contribution >= 0.6 is 0 Å². The SMILES string of the molecule is CCCn1ncnc1CN1CC(N)(C2CC2)C1. The Bertz CT molecular complexity index is 389. The van der Waals surface area contributed by atoms with Crippen LogP contribution in [0.25, 0.3) is 0 Å². The molecule has 17 heavy (non-hydrogen) atoms. The molecule has 1 saturated heterocycles. The number of aryl methyl sites for hydroxylation is 1. The van der Waals surface area contributed by atoms with E-state index in [-0.39, 0.29) is 5.54 Å². The molecule has 1 saturated carbocycles. The molecule has 2 fully saturated rings. The first kappa shape index (κ1) is 11.2. The highest BCUT2D eigenvalue weighted by molar-refractivity contribution is 5.09. The van der Waals surface area contributed by atoms with Crippen molar-refractivity contribution in [2.75, 3.05) is 13.1 Å². The second kappa shape index (κ2) is 4.07. The summed E-state index contributed by atoms with van der Waals surface area (Å²) in [4.78, 5) is 6.72. The molecule has 0 spiro atoms. The lowest BCUT2D eigenvalue weighted by Gasteiger charge is -2.48. The Balaban J connectivity index is 1.56. The van der Waals surface area contributed by atoms with Crippen LogP contribution in [0.4, 0.5) is 0 Å². The minimum atomic E-state index is 0.107. The maximum absolute atomic E-state index is 6.34. The Labute approximate surface area is 102 Å². The third kappa shape index (κ3) is 2.09. The van der Waals surface area contributed by atoms with Gasteiger partial charge in [-0.15, -0.1) is 0 Å². The van der Waals surface area contributed by atoms with E-state index in [9.17, 15) is 0 Å². The zero-order valence-electron chi connectivity index (χ0n) is 10.5. The fraction of sp³-hybridized carbons (Fsp3) is 0.833. The molecule has 1 aliphatic carbocycles. The molecule has 2 N–H and O–H groups in total. The molecule has 0 amide bonds. The lowest BCUT2D eigenvalue weighted by Crippen LogP contribution is -2.68. The second-order valence-electron chi connectivity index (χ2n) is 5.55. The summed E-state index contributed by atoms with van der Waals surface area (Å²) in [6.07, 6.45) is 5.41. The minimum absolute atomic E-state index is 0.107. The van der Waals surface area contributed by atoms with Gasteiger partial charge in [-0.1, -0.05) is 6.92 Å². The third-order valence-electron chi connectivity index (χ3n) is 3.92. The normalized spacial score (nSPS) is 23.6. The highest BCUT2D eigenvalue weighted by atomic mass is 15.4. The van der Waals surface area contributed by atoms with Crippen LogP contribution in [0.2, 0.25) is 0 Å². The molecule has 94 valence electrons. The van der Waals surface area contributed by atoms with Crippen LogP contribution in [0.1, 0.15) is 32.0 Å². The van der Waals surface area contributed by atoms with Crippen molar-refractivity contribution in [3.63, 3.8) is 0 Å². The van der Waals surface area contributed by atoms with Gasteiger partial charge in [-0.2, -0.15) is 5.10 Å². The number of aromatic nitrogens is 3. The Kier molecular flexibility index (Phi) is 2.67. The van der Waals surface area contributed by atoms with E-state index in [1.54, 1.807) is 6.33 Å². The van der Waals surface area contributed by atoms with Crippen molar-refractivity contribution in [3.05, 3.63) is 12.2 Å². The van der Waals surface area contributed by atoms with E-state index in [1.165, 1.54) is 12.8 Å². The molecular weight excluding hydrogens is 214 g/mol. The predicted molar refractivity (Wildman–Crippen MR) is 65.2 cm³/mol. The lowest BCUT2D eigenvalue weighted by molar-refractivity contribution is 0.0443. The van der Waals surface area contributed by atoms with Crippen molar-refractivity contribution in [1.82, 2.24) is 19.7 Å². The van der Waals surface area contributed by atoms with Crippen LogP contribution in [0.5, 0.6) is 0 Å². The van der Waals surface area contributed by atoms with E-state index >= 15 is 0 Å². The van der Waals surface area contributed by atoms with Crippen LogP contribution in [-0.4, -0.2) is 38.3 Å². The number of hydrogen-bond donors (Lipinski definition) is 1. The average molecular weight is 235 g/mol. The molecule has 3 rings (SSSR count). The largest absolute Gasteiger partial charge is 0.323 e. The molecule has 0 bridgehead atoms. The minimum Gasteiger partial charge on any atom is -0.323 e. The van der Waals surface area contributed by atoms with Crippen molar-refractivity contribution in [2.24, 2.45) is 11.7 Å². The van der Waals surface area contributed by atoms with E-state index in [4.69, 9.17) is 5.73 Å². The fourth-order valence-corrected chi connectivity index (χ4v) is 2.82. The molecule has 5 heteroatoms. The fourth-order valence-electron chi connectivity index (χ4n) is 2.82. The summed E-state index contributed by atoms with van der Waals surface area (Å²) in [6, 6.07) is 0. The third-order valence-corrected chi connectivity index (χ3v) is 3.92. The predicted octanol–water partition coefficient (Wildman–Crippen LogP) is 0.611. The van der Waals surface area contributed by atoms with Gasteiger partial charge in [-0.25, -0.2) is 9.67 Å². The molecule has 1 aliphatic heterocycles. The van der Waals surface area contributed by atoms with Gasteiger partial charge in [0, 0.05) is 25.2 Å². The standard InChI is InChI=1S/C12H21N5/c1-2-5-17-11(14-9-15-17)6-16-7-12(13,8-16)10-3-4-10/h9-10H,2-8,13H2,1H3. The quantitative estimate of drug-likeness (QED) is 0.812. The summed E-state index contributed by atoms with van der Waals surface area (Å²) in [5.74, 6) is 1.86. The summed E-state index contributed by atoms with van der Waals surface area (Å²) < 4.78 is 2.01. The summed E-state index contributed by atoms with van der Waals surface area (Å²) in [5.41, 5.74) is 6.45. The summed E-state index contributed by atoms with van der Waals surface area (Å²) >= 11 is 0. The average Bonchev–Trinajstić information content (AvgIpc) is 3.02. The molecule has 0 unspecified atom stereocenters. The van der Waals surface area contributed by atoms with Crippen LogP contribution in [-0.2, 0) is 13.1 Å². The molecule has 5 nitrogen and oxygen atoms in total. The van der Waals surface area contributed by atoms with Gasteiger partial charge in [0.05, 0.1) is 6.54 Å². The van der Waals surface area contributed by atoms with Gasteiger partial charge in [0.15, 0.2) is 0 Å². The first-order valence-electron chi connectivity index (χ1n) is 6.59. The van der Waals surface area contributed by atoms with E-state index in [0.717, 1.165) is 44.3 Å². The highest BCUT2D eigenvalue weighted by Gasteiger charge is 2.50. The second-order valence-corrected chi connectivity index (χ2v) is 5.55. The Morgan fingerprint density at radius 1 is 1.47 bits per heavy atom. The van der Waals surface area contributed by atoms with Crippen LogP contribution in [0, 0.1) is 5.92 Å². The van der Waals surface area contributed by atoms with Gasteiger partial charge in [0.2, 0.25) is 0 Å². The molecular formula is C12H21N5. The molecule has 0 radical (unpaired) electrons. The first-order valence-corrected chi connectivity index (χ1v) is 6.59. The van der Waals surface area contributed by atoms with Gasteiger partial charge in [-0.3, -0.25) is 4.90 Å². The summed E-state index contributed by atoms with van der Waals surface area (Å²) in [7, 11) is 0. The van der Waals surface area contributed by atoms with E-state index < -0.39 is 0 Å². The number of nitrogens with two attached hydrogens (primary N) is 1. The van der Waals surface area contributed by atoms with Crippen molar-refractivity contribution in [2.45, 2.75) is 44.8 Å². The molecule has 0 atom stereocenters. The number of rotatable bonds is 5. The van der Waals surface area contributed by atoms with Crippen molar-refractivity contribution < 1.29 is 0 Å². The molecule has 1 aromatic heterocycles. The van der Waals surface area contributed by atoms with Crippen LogP contribution < -0.4 is 5.73 Å². The molecule has 0 aromatic carbocycles. The molecule has 2 heterocycles. The van der Waals surface area contributed by atoms with Crippen molar-refractivity contribution >= 4 is 0 Å². The molecule has 1 aromatic rings. The smallest absolute Gasteiger partial charge is 0.141 e. The highest BCUT2D eigenvalue weighted by Crippen LogP contribution is 2.43. The summed E-state index contributed by atoms with van der Waals surface area (Å²) in [6.45, 7) is 6.06. The van der Waals surface area contributed by atoms with Crippen molar-refractivity contribution in [1.29, 1.82) is 0 Å². The summed E-state index contributed by atoms with van der Waals surface area (Å²) in [5, 5.41) is 4.25. The molecule has 2 aliphatic rings. The van der Waals surface area contributed by atoms with Gasteiger partial charge in [0.25, 0.3) is 0 Å². The maximum Gasteiger partial charge on any atom is 0.141 e. The van der Waals surface area contributed by atoms with Gasteiger partial charge >= 0.3 is 0 Å². The topological polar surface area (TPSA) is 60.0 Å². The van der Waals surface area contributed by atoms with E-state index in [0.29, 0.717) is 0 Å². The lowest BCUT2D eigenvalue weighted by atomic mass is 9.86. The Hall–Kier alpha value is -0.940. The monoisotopic (exact) mass is 235 g/mol. The van der Waals surface area contributed by atoms with Gasteiger partial charge < -0.3 is 5.73 Å². The number of nitrogens with zero attached hydrogens (tertiary/aromatic N) is 4. The van der Waals surface area contributed by atoms with E-state index in [1.807, 2.05) is 4.68 Å². The number of hydrogen-bond acceptors (Lipinski definition) is 4. The number of likely N-dealkylation sites (tertiary alicyclic amines) is 1. The Morgan fingerprint density at radius 2 is 2.24 bits per heavy atom. The van der Waals surface area contributed by atoms with E-state index in [2.05, 4.69) is 21.9 Å². The first-order chi connectivity index (χ1) is 8.21. The zero-order chi connectivity index (χ0) is 11.9. The maximum atomic E-state index is 6.34. The van der Waals surface area contributed by atoms with Gasteiger partial charge in [0.1, 0.15) is 12.2 Å². The van der Waals surface area contributed by atoms with Crippen molar-refractivity contribution in [3.8, 4) is 0 Å². The Morgan fingerprint density at radius 3 is 2.88 bits per heavy atom. The zero-order valence-corrected chi connectivity index (χ0v) is 10.5. The van der Waals surface area contributed by atoms with Gasteiger partial charge in [-0.05, 0) is 25.2 Å².